The summed E-state index contributed by atoms with van der Waals surface area (Å²) in [4.78, 5) is 0. The van der Waals surface area contributed by atoms with E-state index < -0.39 is 0 Å². The van der Waals surface area contributed by atoms with Crippen LogP contribution in [0.4, 0.5) is 0 Å². The molecule has 0 aromatic heterocycles. The maximum Gasteiger partial charge on any atom is 0.123 e. The summed E-state index contributed by atoms with van der Waals surface area (Å²) in [6.45, 7) is 2.13. The third-order valence-electron chi connectivity index (χ3n) is 2.43. The first kappa shape index (κ1) is 8.95. The molecule has 1 unspecified atom stereocenters. The summed E-state index contributed by atoms with van der Waals surface area (Å²) >= 11 is 2.02. The number of methoxy groups -OCH3 is 1. The van der Waals surface area contributed by atoms with Crippen LogP contribution in [0, 0.1) is 6.92 Å². The van der Waals surface area contributed by atoms with Gasteiger partial charge in [0, 0.05) is 10.8 Å². The monoisotopic (exact) mass is 194 g/mol. The van der Waals surface area contributed by atoms with Crippen molar-refractivity contribution in [1.82, 2.24) is 0 Å². The van der Waals surface area contributed by atoms with Crippen molar-refractivity contribution in [3.8, 4) is 5.75 Å². The van der Waals surface area contributed by atoms with E-state index in [1.54, 1.807) is 7.11 Å². The molecule has 2 rings (SSSR count). The van der Waals surface area contributed by atoms with Crippen LogP contribution in [0.15, 0.2) is 18.2 Å². The van der Waals surface area contributed by atoms with Crippen LogP contribution in [-0.4, -0.2) is 12.9 Å². The first-order valence-corrected chi connectivity index (χ1v) is 5.62. The van der Waals surface area contributed by atoms with Gasteiger partial charge in [-0.25, -0.2) is 0 Å². The second-order valence-corrected chi connectivity index (χ2v) is 4.70. The largest absolute Gasteiger partial charge is 0.496 e. The van der Waals surface area contributed by atoms with Gasteiger partial charge in [-0.05, 0) is 25.2 Å². The molecule has 1 aromatic rings. The molecule has 0 bridgehead atoms. The highest BCUT2D eigenvalue weighted by Gasteiger charge is 2.23. The summed E-state index contributed by atoms with van der Waals surface area (Å²) in [5, 5.41) is 0.676. The number of ether oxygens (including phenoxy) is 1. The molecule has 1 fully saturated rings. The summed E-state index contributed by atoms with van der Waals surface area (Å²) in [5.41, 5.74) is 2.70. The Morgan fingerprint density at radius 2 is 2.23 bits per heavy atom. The van der Waals surface area contributed by atoms with Gasteiger partial charge in [0.05, 0.1) is 7.11 Å². The molecule has 2 heteroatoms. The number of thioether (sulfide) groups is 1. The van der Waals surface area contributed by atoms with Crippen LogP contribution >= 0.6 is 11.8 Å². The molecule has 1 aliphatic rings. The van der Waals surface area contributed by atoms with Gasteiger partial charge in [0.25, 0.3) is 0 Å². The fraction of sp³-hybridized carbons (Fsp3) is 0.455. The molecule has 0 N–H and O–H groups in total. The lowest BCUT2D eigenvalue weighted by Gasteiger charge is -2.27. The van der Waals surface area contributed by atoms with E-state index in [-0.39, 0.29) is 0 Å². The molecule has 1 aliphatic heterocycles. The highest BCUT2D eigenvalue weighted by Crippen LogP contribution is 2.45. The van der Waals surface area contributed by atoms with E-state index in [2.05, 4.69) is 25.1 Å². The number of hydrogen-bond acceptors (Lipinski definition) is 2. The second kappa shape index (κ2) is 3.62. The summed E-state index contributed by atoms with van der Waals surface area (Å²) in [7, 11) is 1.75. The standard InChI is InChI=1S/C11H14OS/c1-8-3-4-10(12-2)9(7-8)11-5-6-13-11/h3-4,7,11H,5-6H2,1-2H3. The maximum absolute atomic E-state index is 5.34. The van der Waals surface area contributed by atoms with Crippen molar-refractivity contribution in [2.45, 2.75) is 18.6 Å². The summed E-state index contributed by atoms with van der Waals surface area (Å²) in [6.07, 6.45) is 1.30. The number of aryl methyl sites for hydroxylation is 1. The molecule has 1 saturated heterocycles. The molecule has 1 heterocycles. The van der Waals surface area contributed by atoms with E-state index in [1.807, 2.05) is 11.8 Å². The molecule has 70 valence electrons. The molecule has 13 heavy (non-hydrogen) atoms. The summed E-state index contributed by atoms with van der Waals surface area (Å²) in [5.74, 6) is 2.34. The van der Waals surface area contributed by atoms with Crippen molar-refractivity contribution in [1.29, 1.82) is 0 Å². The van der Waals surface area contributed by atoms with E-state index in [4.69, 9.17) is 4.74 Å². The molecule has 0 amide bonds. The molecule has 1 atom stereocenters. The minimum Gasteiger partial charge on any atom is -0.496 e. The van der Waals surface area contributed by atoms with E-state index in [0.29, 0.717) is 5.25 Å². The van der Waals surface area contributed by atoms with Crippen molar-refractivity contribution in [3.05, 3.63) is 29.3 Å². The minimum atomic E-state index is 0.676. The minimum absolute atomic E-state index is 0.676. The summed E-state index contributed by atoms with van der Waals surface area (Å²) < 4.78 is 5.34. The average Bonchev–Trinajstić information content (AvgIpc) is 2.02. The Bertz CT molecular complexity index is 305. The van der Waals surface area contributed by atoms with Gasteiger partial charge in [-0.3, -0.25) is 0 Å². The predicted octanol–water partition coefficient (Wildman–Crippen LogP) is 3.18. The van der Waals surface area contributed by atoms with Crippen molar-refractivity contribution in [2.75, 3.05) is 12.9 Å². The number of rotatable bonds is 2. The molecule has 0 saturated carbocycles. The highest BCUT2D eigenvalue weighted by atomic mass is 32.2. The normalized spacial score (nSPS) is 20.9. The van der Waals surface area contributed by atoms with Gasteiger partial charge in [0.2, 0.25) is 0 Å². The van der Waals surface area contributed by atoms with Crippen LogP contribution in [0.2, 0.25) is 0 Å². The Kier molecular flexibility index (Phi) is 2.49. The van der Waals surface area contributed by atoms with E-state index in [1.165, 1.54) is 23.3 Å². The Labute approximate surface area is 83.5 Å². The number of benzene rings is 1. The van der Waals surface area contributed by atoms with Crippen molar-refractivity contribution < 1.29 is 4.74 Å². The van der Waals surface area contributed by atoms with E-state index in [9.17, 15) is 0 Å². The molecule has 0 spiro atoms. The van der Waals surface area contributed by atoms with Crippen LogP contribution in [0.25, 0.3) is 0 Å². The van der Waals surface area contributed by atoms with Crippen molar-refractivity contribution in [2.24, 2.45) is 0 Å². The molecular formula is C11H14OS. The van der Waals surface area contributed by atoms with E-state index in [0.717, 1.165) is 5.75 Å². The fourth-order valence-corrected chi connectivity index (χ4v) is 2.42. The SMILES string of the molecule is COc1ccc(C)cc1C1CCS1. The average molecular weight is 194 g/mol. The highest BCUT2D eigenvalue weighted by molar-refractivity contribution is 8.00. The molecule has 1 aromatic carbocycles. The zero-order valence-corrected chi connectivity index (χ0v) is 8.86. The lowest BCUT2D eigenvalue weighted by Crippen LogP contribution is -2.08. The molecular weight excluding hydrogens is 180 g/mol. The lowest BCUT2D eigenvalue weighted by atomic mass is 10.1. The van der Waals surface area contributed by atoms with Gasteiger partial charge < -0.3 is 4.74 Å². The first-order chi connectivity index (χ1) is 6.31. The summed E-state index contributed by atoms with van der Waals surface area (Å²) in [6, 6.07) is 6.42. The van der Waals surface area contributed by atoms with Gasteiger partial charge >= 0.3 is 0 Å². The van der Waals surface area contributed by atoms with Gasteiger partial charge in [-0.1, -0.05) is 17.7 Å². The second-order valence-electron chi connectivity index (χ2n) is 3.39. The van der Waals surface area contributed by atoms with Crippen LogP contribution in [-0.2, 0) is 0 Å². The van der Waals surface area contributed by atoms with Gasteiger partial charge in [-0.15, -0.1) is 0 Å². The zero-order chi connectivity index (χ0) is 9.26. The molecule has 0 radical (unpaired) electrons. The lowest BCUT2D eigenvalue weighted by molar-refractivity contribution is 0.408. The van der Waals surface area contributed by atoms with Crippen LogP contribution < -0.4 is 4.74 Å². The molecule has 1 nitrogen and oxygen atoms in total. The van der Waals surface area contributed by atoms with Crippen LogP contribution in [0.3, 0.4) is 0 Å². The van der Waals surface area contributed by atoms with Crippen molar-refractivity contribution >= 4 is 11.8 Å². The van der Waals surface area contributed by atoms with Crippen LogP contribution in [0.5, 0.6) is 5.75 Å². The Morgan fingerprint density at radius 1 is 1.46 bits per heavy atom. The smallest absolute Gasteiger partial charge is 0.123 e. The van der Waals surface area contributed by atoms with Gasteiger partial charge in [0.1, 0.15) is 5.75 Å². The van der Waals surface area contributed by atoms with Gasteiger partial charge in [-0.2, -0.15) is 11.8 Å². The predicted molar refractivity (Wildman–Crippen MR) is 57.5 cm³/mol. The third-order valence-corrected chi connectivity index (χ3v) is 3.79. The molecule has 0 aliphatic carbocycles. The maximum atomic E-state index is 5.34. The van der Waals surface area contributed by atoms with Crippen molar-refractivity contribution in [3.63, 3.8) is 0 Å². The Balaban J connectivity index is 2.33. The number of hydrogen-bond donors (Lipinski definition) is 0. The quantitative estimate of drug-likeness (QED) is 0.715. The Morgan fingerprint density at radius 3 is 2.77 bits per heavy atom. The fourth-order valence-electron chi connectivity index (χ4n) is 1.59. The van der Waals surface area contributed by atoms with E-state index >= 15 is 0 Å². The topological polar surface area (TPSA) is 9.23 Å². The third kappa shape index (κ3) is 1.68. The Hall–Kier alpha value is -0.630. The van der Waals surface area contributed by atoms with Gasteiger partial charge in [0.15, 0.2) is 0 Å². The first-order valence-electron chi connectivity index (χ1n) is 4.57. The van der Waals surface area contributed by atoms with Crippen LogP contribution in [0.1, 0.15) is 22.8 Å². The zero-order valence-electron chi connectivity index (χ0n) is 8.04.